The van der Waals surface area contributed by atoms with Crippen molar-refractivity contribution in [1.29, 1.82) is 0 Å². The second-order valence-electron chi connectivity index (χ2n) is 3.66. The lowest BCUT2D eigenvalue weighted by Crippen LogP contribution is -2.23. The second-order valence-corrected chi connectivity index (χ2v) is 3.66. The maximum atomic E-state index is 5.21. The largest absolute Gasteiger partial charge is 0.365 e. The molecule has 72 valence electrons. The predicted molar refractivity (Wildman–Crippen MR) is 50.7 cm³/mol. The Bertz CT molecular complexity index is 293. The van der Waals surface area contributed by atoms with Crippen LogP contribution in [0.1, 0.15) is 25.2 Å². The molecule has 1 aromatic heterocycles. The van der Waals surface area contributed by atoms with Gasteiger partial charge in [0.25, 0.3) is 0 Å². The number of aromatic nitrogens is 1. The van der Waals surface area contributed by atoms with Crippen molar-refractivity contribution in [3.05, 3.63) is 11.3 Å². The predicted octanol–water partition coefficient (Wildman–Crippen LogP) is 1.14. The molecule has 0 saturated heterocycles. The van der Waals surface area contributed by atoms with Crippen molar-refractivity contribution < 1.29 is 4.52 Å². The van der Waals surface area contributed by atoms with Gasteiger partial charge in [0.15, 0.2) is 11.6 Å². The van der Waals surface area contributed by atoms with Crippen molar-refractivity contribution in [1.82, 2.24) is 10.5 Å². The molecule has 1 aromatic rings. The Morgan fingerprint density at radius 3 is 3.15 bits per heavy atom. The van der Waals surface area contributed by atoms with Crippen LogP contribution in [-0.2, 0) is 13.0 Å². The van der Waals surface area contributed by atoms with Crippen LogP contribution >= 0.6 is 0 Å². The minimum Gasteiger partial charge on any atom is -0.365 e. The molecule has 0 aromatic carbocycles. The highest BCUT2D eigenvalue weighted by Gasteiger charge is 2.18. The van der Waals surface area contributed by atoms with Crippen LogP contribution in [0.3, 0.4) is 0 Å². The quantitative estimate of drug-likeness (QED) is 0.718. The molecule has 0 radical (unpaired) electrons. The van der Waals surface area contributed by atoms with E-state index in [0.29, 0.717) is 6.04 Å². The Morgan fingerprint density at radius 2 is 2.38 bits per heavy atom. The van der Waals surface area contributed by atoms with E-state index in [4.69, 9.17) is 4.52 Å². The summed E-state index contributed by atoms with van der Waals surface area (Å²) < 4.78 is 5.21. The van der Waals surface area contributed by atoms with Crippen molar-refractivity contribution in [3.63, 3.8) is 0 Å². The lowest BCUT2D eigenvalue weighted by Gasteiger charge is -2.12. The van der Waals surface area contributed by atoms with Crippen LogP contribution in [0.5, 0.6) is 0 Å². The van der Waals surface area contributed by atoms with Gasteiger partial charge in [-0.1, -0.05) is 5.16 Å². The normalized spacial score (nSPS) is 15.9. The zero-order valence-electron chi connectivity index (χ0n) is 8.05. The van der Waals surface area contributed by atoms with Crippen molar-refractivity contribution in [2.45, 2.75) is 32.9 Å². The maximum Gasteiger partial charge on any atom is 0.173 e. The first-order valence-corrected chi connectivity index (χ1v) is 4.72. The van der Waals surface area contributed by atoms with E-state index in [-0.39, 0.29) is 0 Å². The molecule has 2 N–H and O–H groups in total. The van der Waals surface area contributed by atoms with Crippen LogP contribution in [-0.4, -0.2) is 17.7 Å². The molecule has 4 nitrogen and oxygen atoms in total. The van der Waals surface area contributed by atoms with Crippen molar-refractivity contribution in [3.8, 4) is 0 Å². The van der Waals surface area contributed by atoms with E-state index in [1.165, 1.54) is 5.56 Å². The lowest BCUT2D eigenvalue weighted by atomic mass is 10.1. The number of rotatable bonds is 2. The fourth-order valence-electron chi connectivity index (χ4n) is 1.54. The van der Waals surface area contributed by atoms with E-state index in [0.717, 1.165) is 31.1 Å². The van der Waals surface area contributed by atoms with Gasteiger partial charge in [0.2, 0.25) is 0 Å². The summed E-state index contributed by atoms with van der Waals surface area (Å²) in [6.07, 6.45) is 1.01. The van der Waals surface area contributed by atoms with Gasteiger partial charge in [-0.3, -0.25) is 0 Å². The number of fused-ring (bicyclic) bond motifs is 1. The fourth-order valence-corrected chi connectivity index (χ4v) is 1.54. The third kappa shape index (κ3) is 1.67. The summed E-state index contributed by atoms with van der Waals surface area (Å²) in [5, 5.41) is 10.5. The molecule has 13 heavy (non-hydrogen) atoms. The minimum atomic E-state index is 0.407. The van der Waals surface area contributed by atoms with Gasteiger partial charge in [-0.25, -0.2) is 0 Å². The molecule has 0 aliphatic carbocycles. The van der Waals surface area contributed by atoms with E-state index in [1.807, 2.05) is 0 Å². The molecule has 4 heteroatoms. The number of nitrogens with zero attached hydrogens (tertiary/aromatic N) is 1. The van der Waals surface area contributed by atoms with Crippen LogP contribution < -0.4 is 10.6 Å². The zero-order valence-corrected chi connectivity index (χ0v) is 8.05. The van der Waals surface area contributed by atoms with Crippen LogP contribution in [0.25, 0.3) is 0 Å². The highest BCUT2D eigenvalue weighted by Crippen LogP contribution is 2.22. The highest BCUT2D eigenvalue weighted by molar-refractivity contribution is 5.46. The summed E-state index contributed by atoms with van der Waals surface area (Å²) in [6.45, 7) is 6.02. The summed E-state index contributed by atoms with van der Waals surface area (Å²) in [7, 11) is 0. The summed E-state index contributed by atoms with van der Waals surface area (Å²) in [5.41, 5.74) is 1.24. The van der Waals surface area contributed by atoms with E-state index in [1.54, 1.807) is 0 Å². The van der Waals surface area contributed by atoms with Crippen molar-refractivity contribution >= 4 is 5.82 Å². The van der Waals surface area contributed by atoms with Gasteiger partial charge in [-0.2, -0.15) is 0 Å². The Balaban J connectivity index is 2.21. The number of hydrogen-bond donors (Lipinski definition) is 2. The summed E-state index contributed by atoms with van der Waals surface area (Å²) in [6, 6.07) is 0.407. The first-order chi connectivity index (χ1) is 6.27. The average Bonchev–Trinajstić information content (AvgIpc) is 2.48. The van der Waals surface area contributed by atoms with Gasteiger partial charge in [-0.05, 0) is 26.8 Å². The molecule has 1 aliphatic rings. The number of anilines is 1. The molecule has 0 spiro atoms. The fraction of sp³-hybridized carbons (Fsp3) is 0.667. The monoisotopic (exact) mass is 181 g/mol. The van der Waals surface area contributed by atoms with Gasteiger partial charge >= 0.3 is 0 Å². The molecule has 2 rings (SSSR count). The summed E-state index contributed by atoms with van der Waals surface area (Å²) in [5.74, 6) is 1.90. The Morgan fingerprint density at radius 1 is 1.54 bits per heavy atom. The molecule has 0 fully saturated rings. The summed E-state index contributed by atoms with van der Waals surface area (Å²) in [4.78, 5) is 0. The standard InChI is InChI=1S/C9H15N3O/c1-6(2)11-9-7-3-4-10-5-8(7)13-12-9/h6,10H,3-5H2,1-2H3,(H,11,12). The third-order valence-electron chi connectivity index (χ3n) is 2.13. The van der Waals surface area contributed by atoms with Gasteiger partial charge in [0.1, 0.15) is 0 Å². The molecule has 0 saturated carbocycles. The Hall–Kier alpha value is -1.03. The van der Waals surface area contributed by atoms with Crippen LogP contribution in [0.15, 0.2) is 4.52 Å². The first kappa shape index (κ1) is 8.56. The SMILES string of the molecule is CC(C)Nc1noc2c1CCNC2. The second kappa shape index (κ2) is 3.38. The first-order valence-electron chi connectivity index (χ1n) is 4.72. The number of hydrogen-bond acceptors (Lipinski definition) is 4. The molecular weight excluding hydrogens is 166 g/mol. The maximum absolute atomic E-state index is 5.21. The van der Waals surface area contributed by atoms with Gasteiger partial charge < -0.3 is 15.2 Å². The van der Waals surface area contributed by atoms with Crippen LogP contribution in [0.4, 0.5) is 5.82 Å². The minimum absolute atomic E-state index is 0.407. The van der Waals surface area contributed by atoms with E-state index < -0.39 is 0 Å². The summed E-state index contributed by atoms with van der Waals surface area (Å²) >= 11 is 0. The smallest absolute Gasteiger partial charge is 0.173 e. The Labute approximate surface area is 77.7 Å². The average molecular weight is 181 g/mol. The highest BCUT2D eigenvalue weighted by atomic mass is 16.5. The van der Waals surface area contributed by atoms with Gasteiger partial charge in [0, 0.05) is 11.6 Å². The molecule has 0 amide bonds. The van der Waals surface area contributed by atoms with Gasteiger partial charge in [-0.15, -0.1) is 0 Å². The molecule has 0 bridgehead atoms. The lowest BCUT2D eigenvalue weighted by molar-refractivity contribution is 0.367. The van der Waals surface area contributed by atoms with E-state index >= 15 is 0 Å². The third-order valence-corrected chi connectivity index (χ3v) is 2.13. The molecular formula is C9H15N3O. The topological polar surface area (TPSA) is 50.1 Å². The van der Waals surface area contributed by atoms with E-state index in [2.05, 4.69) is 29.6 Å². The van der Waals surface area contributed by atoms with Crippen molar-refractivity contribution in [2.24, 2.45) is 0 Å². The Kier molecular flexibility index (Phi) is 2.22. The molecule has 1 aliphatic heterocycles. The van der Waals surface area contributed by atoms with E-state index in [9.17, 15) is 0 Å². The van der Waals surface area contributed by atoms with Gasteiger partial charge in [0.05, 0.1) is 6.54 Å². The zero-order chi connectivity index (χ0) is 9.26. The van der Waals surface area contributed by atoms with Crippen molar-refractivity contribution in [2.75, 3.05) is 11.9 Å². The number of nitrogens with one attached hydrogen (secondary N) is 2. The molecule has 2 heterocycles. The molecule has 0 atom stereocenters. The molecule has 0 unspecified atom stereocenters. The van der Waals surface area contributed by atoms with Crippen LogP contribution in [0, 0.1) is 0 Å². The van der Waals surface area contributed by atoms with Crippen LogP contribution in [0.2, 0.25) is 0 Å².